The summed E-state index contributed by atoms with van der Waals surface area (Å²) >= 11 is 5.81. The Bertz CT molecular complexity index is 1050. The average Bonchev–Trinajstić information content (AvgIpc) is 2.70. The average molecular weight is 403 g/mol. The van der Waals surface area contributed by atoms with E-state index in [0.717, 1.165) is 0 Å². The number of ether oxygens (including phenoxy) is 1. The fourth-order valence-corrected chi connectivity index (χ4v) is 3.59. The Morgan fingerprint density at radius 3 is 2.22 bits per heavy atom. The lowest BCUT2D eigenvalue weighted by molar-refractivity contribution is 0.102. The summed E-state index contributed by atoms with van der Waals surface area (Å²) in [4.78, 5) is 16.3. The van der Waals surface area contributed by atoms with E-state index in [0.29, 0.717) is 16.5 Å². The monoisotopic (exact) mass is 402 g/mol. The number of carbonyl (C=O) groups excluding carboxylic acids is 1. The van der Waals surface area contributed by atoms with Crippen LogP contribution in [-0.4, -0.2) is 26.4 Å². The van der Waals surface area contributed by atoms with Crippen LogP contribution in [-0.2, 0) is 9.84 Å². The third-order valence-corrected chi connectivity index (χ3v) is 5.68. The molecule has 0 bridgehead atoms. The number of anilines is 1. The molecule has 3 rings (SSSR count). The Hall–Kier alpha value is -2.90. The summed E-state index contributed by atoms with van der Waals surface area (Å²) in [6.07, 6.45) is 1.22. The van der Waals surface area contributed by atoms with Gasteiger partial charge in [0.1, 0.15) is 5.75 Å². The van der Waals surface area contributed by atoms with Crippen molar-refractivity contribution in [1.82, 2.24) is 4.98 Å². The third kappa shape index (κ3) is 4.27. The summed E-state index contributed by atoms with van der Waals surface area (Å²) in [5.41, 5.74) is 0.804. The molecule has 0 aliphatic rings. The second kappa shape index (κ2) is 7.77. The molecule has 1 heterocycles. The number of rotatable bonds is 5. The summed E-state index contributed by atoms with van der Waals surface area (Å²) < 4.78 is 30.3. The van der Waals surface area contributed by atoms with Crippen LogP contribution in [0.25, 0.3) is 0 Å². The van der Waals surface area contributed by atoms with Crippen molar-refractivity contribution in [3.05, 3.63) is 77.4 Å². The van der Waals surface area contributed by atoms with Crippen LogP contribution in [0.3, 0.4) is 0 Å². The lowest BCUT2D eigenvalue weighted by atomic mass is 10.2. The van der Waals surface area contributed by atoms with Crippen molar-refractivity contribution >= 4 is 33.0 Å². The van der Waals surface area contributed by atoms with E-state index < -0.39 is 15.7 Å². The molecule has 0 saturated heterocycles. The zero-order valence-electron chi connectivity index (χ0n) is 14.2. The van der Waals surface area contributed by atoms with Gasteiger partial charge < -0.3 is 10.1 Å². The highest BCUT2D eigenvalue weighted by atomic mass is 35.5. The largest absolute Gasteiger partial charge is 0.497 e. The predicted octanol–water partition coefficient (Wildman–Crippen LogP) is 3.83. The first-order valence-corrected chi connectivity index (χ1v) is 9.68. The van der Waals surface area contributed by atoms with E-state index in [4.69, 9.17) is 16.3 Å². The number of benzene rings is 2. The highest BCUT2D eigenvalue weighted by Crippen LogP contribution is 2.22. The van der Waals surface area contributed by atoms with Crippen LogP contribution < -0.4 is 10.1 Å². The summed E-state index contributed by atoms with van der Waals surface area (Å²) in [5.74, 6) is 0.148. The van der Waals surface area contributed by atoms with Gasteiger partial charge in [-0.3, -0.25) is 4.79 Å². The van der Waals surface area contributed by atoms with Gasteiger partial charge >= 0.3 is 0 Å². The second-order valence-electron chi connectivity index (χ2n) is 5.53. The highest BCUT2D eigenvalue weighted by Gasteiger charge is 2.20. The van der Waals surface area contributed by atoms with Gasteiger partial charge in [-0.2, -0.15) is 0 Å². The molecule has 138 valence electrons. The van der Waals surface area contributed by atoms with Gasteiger partial charge in [-0.25, -0.2) is 13.4 Å². The first-order valence-electron chi connectivity index (χ1n) is 7.82. The molecule has 6 nitrogen and oxygen atoms in total. The molecule has 27 heavy (non-hydrogen) atoms. The fraction of sp³-hybridized carbons (Fsp3) is 0.0526. The van der Waals surface area contributed by atoms with Crippen molar-refractivity contribution in [2.45, 2.75) is 9.92 Å². The summed E-state index contributed by atoms with van der Waals surface area (Å²) in [6, 6.07) is 15.3. The minimum absolute atomic E-state index is 0.0918. The number of nitrogens with one attached hydrogen (secondary N) is 1. The summed E-state index contributed by atoms with van der Waals surface area (Å²) in [6.45, 7) is 0. The first-order chi connectivity index (χ1) is 12.9. The lowest BCUT2D eigenvalue weighted by Gasteiger charge is -2.07. The first kappa shape index (κ1) is 18.9. The number of pyridine rings is 1. The predicted molar refractivity (Wildman–Crippen MR) is 102 cm³/mol. The molecule has 0 unspecified atom stereocenters. The van der Waals surface area contributed by atoms with Crippen LogP contribution in [0.2, 0.25) is 5.02 Å². The zero-order chi connectivity index (χ0) is 19.4. The molecule has 0 atom stereocenters. The molecule has 2 aromatic carbocycles. The number of hydrogen-bond donors (Lipinski definition) is 1. The van der Waals surface area contributed by atoms with Crippen LogP contribution in [0.4, 0.5) is 5.69 Å². The number of halogens is 1. The van der Waals surface area contributed by atoms with E-state index in [9.17, 15) is 13.2 Å². The molecule has 0 saturated carbocycles. The number of sulfone groups is 1. The Morgan fingerprint density at radius 1 is 1.00 bits per heavy atom. The molecule has 0 spiro atoms. The normalized spacial score (nSPS) is 11.0. The second-order valence-corrected chi connectivity index (χ2v) is 7.86. The molecule has 0 fully saturated rings. The Balaban J connectivity index is 1.79. The van der Waals surface area contributed by atoms with Gasteiger partial charge in [0.05, 0.1) is 17.6 Å². The summed E-state index contributed by atoms with van der Waals surface area (Å²) in [5, 5.41) is 3.10. The standard InChI is InChI=1S/C19H15ClN2O4S/c1-26-16-7-9-17(10-8-16)27(24,25)18-11-2-13(12-21-18)19(23)22-15-5-3-14(20)4-6-15/h2-12H,1H3,(H,22,23). The van der Waals surface area contributed by atoms with Gasteiger partial charge in [0.15, 0.2) is 5.03 Å². The molecule has 8 heteroatoms. The molecule has 0 aliphatic heterocycles. The maximum absolute atomic E-state index is 12.6. The van der Waals surface area contributed by atoms with Gasteiger partial charge in [0.2, 0.25) is 9.84 Å². The molecule has 1 N–H and O–H groups in total. The molecule has 0 radical (unpaired) electrons. The van der Waals surface area contributed by atoms with E-state index in [-0.39, 0.29) is 15.5 Å². The number of hydrogen-bond acceptors (Lipinski definition) is 5. The zero-order valence-corrected chi connectivity index (χ0v) is 15.8. The van der Waals surface area contributed by atoms with E-state index in [2.05, 4.69) is 10.3 Å². The quantitative estimate of drug-likeness (QED) is 0.701. The molecule has 3 aromatic rings. The topological polar surface area (TPSA) is 85.4 Å². The molecular weight excluding hydrogens is 388 g/mol. The van der Waals surface area contributed by atoms with Crippen molar-refractivity contribution in [1.29, 1.82) is 0 Å². The fourth-order valence-electron chi connectivity index (χ4n) is 2.29. The smallest absolute Gasteiger partial charge is 0.257 e. The number of carbonyl (C=O) groups is 1. The van der Waals surface area contributed by atoms with Gasteiger partial charge in [-0.15, -0.1) is 0 Å². The van der Waals surface area contributed by atoms with Crippen LogP contribution in [0.15, 0.2) is 76.8 Å². The highest BCUT2D eigenvalue weighted by molar-refractivity contribution is 7.91. The van der Waals surface area contributed by atoms with E-state index in [1.54, 1.807) is 36.4 Å². The Kier molecular flexibility index (Phi) is 5.43. The number of nitrogens with zero attached hydrogens (tertiary/aromatic N) is 1. The lowest BCUT2D eigenvalue weighted by Crippen LogP contribution is -2.13. The Morgan fingerprint density at radius 2 is 1.67 bits per heavy atom. The van der Waals surface area contributed by atoms with Crippen molar-refractivity contribution < 1.29 is 17.9 Å². The van der Waals surface area contributed by atoms with Gasteiger partial charge in [-0.1, -0.05) is 11.6 Å². The molecule has 1 amide bonds. The van der Waals surface area contributed by atoms with Crippen LogP contribution in [0.5, 0.6) is 5.75 Å². The van der Waals surface area contributed by atoms with Crippen molar-refractivity contribution in [3.8, 4) is 5.75 Å². The van der Waals surface area contributed by atoms with Crippen LogP contribution in [0.1, 0.15) is 10.4 Å². The molecule has 1 aromatic heterocycles. The van der Waals surface area contributed by atoms with Gasteiger partial charge in [0.25, 0.3) is 5.91 Å². The van der Waals surface area contributed by atoms with Gasteiger partial charge in [-0.05, 0) is 60.7 Å². The minimum Gasteiger partial charge on any atom is -0.497 e. The maximum atomic E-state index is 12.6. The number of aromatic nitrogens is 1. The minimum atomic E-state index is -3.78. The molecular formula is C19H15ClN2O4S. The van der Waals surface area contributed by atoms with E-state index >= 15 is 0 Å². The maximum Gasteiger partial charge on any atom is 0.257 e. The van der Waals surface area contributed by atoms with Crippen molar-refractivity contribution in [3.63, 3.8) is 0 Å². The molecule has 0 aliphatic carbocycles. The SMILES string of the molecule is COc1ccc(S(=O)(=O)c2ccc(C(=O)Nc3ccc(Cl)cc3)cn2)cc1. The van der Waals surface area contributed by atoms with E-state index in [1.807, 2.05) is 0 Å². The Labute approximate surface area is 161 Å². The van der Waals surface area contributed by atoms with Crippen LogP contribution >= 0.6 is 11.6 Å². The van der Waals surface area contributed by atoms with Crippen molar-refractivity contribution in [2.24, 2.45) is 0 Å². The van der Waals surface area contributed by atoms with Crippen LogP contribution in [0, 0.1) is 0 Å². The number of methoxy groups -OCH3 is 1. The number of amides is 1. The summed E-state index contributed by atoms with van der Waals surface area (Å²) in [7, 11) is -2.28. The van der Waals surface area contributed by atoms with Gasteiger partial charge in [0, 0.05) is 16.9 Å². The van der Waals surface area contributed by atoms with Crippen molar-refractivity contribution in [2.75, 3.05) is 12.4 Å². The third-order valence-electron chi connectivity index (χ3n) is 3.75. The van der Waals surface area contributed by atoms with E-state index in [1.165, 1.54) is 37.6 Å².